The Morgan fingerprint density at radius 3 is 2.53 bits per heavy atom. The van der Waals surface area contributed by atoms with Gasteiger partial charge in [-0.25, -0.2) is 8.78 Å². The molecular weight excluding hydrogens is 232 g/mol. The summed E-state index contributed by atoms with van der Waals surface area (Å²) in [5.41, 5.74) is -0.595. The van der Waals surface area contributed by atoms with E-state index in [1.807, 2.05) is 0 Å². The maximum atomic E-state index is 12.4. The van der Waals surface area contributed by atoms with Gasteiger partial charge >= 0.3 is 0 Å². The van der Waals surface area contributed by atoms with Crippen molar-refractivity contribution >= 4 is 6.29 Å². The van der Waals surface area contributed by atoms with Gasteiger partial charge in [-0.05, 0) is 12.8 Å². The van der Waals surface area contributed by atoms with Crippen LogP contribution in [-0.2, 0) is 9.53 Å². The van der Waals surface area contributed by atoms with Crippen LogP contribution in [0.15, 0.2) is 0 Å². The number of nitrogens with zero attached hydrogens (tertiary/aromatic N) is 1. The number of hydrogen-bond donors (Lipinski definition) is 1. The Balaban J connectivity index is 2.58. The van der Waals surface area contributed by atoms with Crippen molar-refractivity contribution in [3.05, 3.63) is 0 Å². The normalized spacial score (nSPS) is 19.8. The third kappa shape index (κ3) is 4.65. The average molecular weight is 251 g/mol. The van der Waals surface area contributed by atoms with Crippen LogP contribution in [0.4, 0.5) is 8.78 Å². The maximum absolute atomic E-state index is 12.4. The predicted molar refractivity (Wildman–Crippen MR) is 58.1 cm³/mol. The van der Waals surface area contributed by atoms with Crippen LogP contribution in [0.5, 0.6) is 0 Å². The first kappa shape index (κ1) is 14.5. The minimum atomic E-state index is -2.45. The number of hydrogen-bond acceptors (Lipinski definition) is 4. The lowest BCUT2D eigenvalue weighted by atomic mass is 9.81. The number of carbonyl (C=O) groups excluding carboxylic acids is 1. The molecule has 1 fully saturated rings. The lowest BCUT2D eigenvalue weighted by Crippen LogP contribution is -2.45. The van der Waals surface area contributed by atoms with Gasteiger partial charge in [0.2, 0.25) is 0 Å². The molecule has 0 aromatic rings. The third-order valence-corrected chi connectivity index (χ3v) is 3.09. The van der Waals surface area contributed by atoms with Gasteiger partial charge in [-0.3, -0.25) is 4.90 Å². The molecular formula is C11H19F2NO3. The molecule has 17 heavy (non-hydrogen) atoms. The Morgan fingerprint density at radius 2 is 2.06 bits per heavy atom. The lowest BCUT2D eigenvalue weighted by molar-refractivity contribution is -0.123. The fourth-order valence-electron chi connectivity index (χ4n) is 2.11. The highest BCUT2D eigenvalue weighted by molar-refractivity contribution is 5.60. The second kappa shape index (κ2) is 6.98. The zero-order valence-electron chi connectivity index (χ0n) is 9.78. The molecule has 0 amide bonds. The summed E-state index contributed by atoms with van der Waals surface area (Å²) in [6.07, 6.45) is -0.487. The number of aliphatic hydroxyl groups is 1. The Morgan fingerprint density at radius 1 is 1.41 bits per heavy atom. The van der Waals surface area contributed by atoms with Crippen LogP contribution in [0.25, 0.3) is 0 Å². The van der Waals surface area contributed by atoms with Gasteiger partial charge in [0.05, 0.1) is 13.2 Å². The summed E-state index contributed by atoms with van der Waals surface area (Å²) in [6, 6.07) is 0. The Hall–Kier alpha value is -0.590. The first-order valence-corrected chi connectivity index (χ1v) is 5.77. The first-order valence-electron chi connectivity index (χ1n) is 5.77. The summed E-state index contributed by atoms with van der Waals surface area (Å²) in [7, 11) is 0. The van der Waals surface area contributed by atoms with Gasteiger partial charge in [-0.1, -0.05) is 0 Å². The minimum Gasteiger partial charge on any atom is -0.395 e. The van der Waals surface area contributed by atoms with E-state index in [4.69, 9.17) is 9.84 Å². The SMILES string of the molecule is O=CC1(CN(CCO)CC(F)F)CCOCC1. The predicted octanol–water partition coefficient (Wildman–Crippen LogP) is 0.541. The van der Waals surface area contributed by atoms with Crippen LogP contribution in [0.2, 0.25) is 0 Å². The molecule has 0 spiro atoms. The molecule has 1 aliphatic heterocycles. The number of carbonyl (C=O) groups is 1. The van der Waals surface area contributed by atoms with E-state index in [1.54, 1.807) is 0 Å². The van der Waals surface area contributed by atoms with Crippen molar-refractivity contribution in [1.29, 1.82) is 0 Å². The van der Waals surface area contributed by atoms with Crippen LogP contribution in [0, 0.1) is 5.41 Å². The van der Waals surface area contributed by atoms with Crippen molar-refractivity contribution < 1.29 is 23.4 Å². The van der Waals surface area contributed by atoms with Crippen molar-refractivity contribution in [2.24, 2.45) is 5.41 Å². The third-order valence-electron chi connectivity index (χ3n) is 3.09. The molecule has 100 valence electrons. The topological polar surface area (TPSA) is 49.8 Å². The van der Waals surface area contributed by atoms with Crippen LogP contribution in [0.3, 0.4) is 0 Å². The molecule has 6 heteroatoms. The summed E-state index contributed by atoms with van der Waals surface area (Å²) in [5, 5.41) is 8.84. The van der Waals surface area contributed by atoms with Gasteiger partial charge in [-0.2, -0.15) is 0 Å². The van der Waals surface area contributed by atoms with E-state index in [1.165, 1.54) is 4.90 Å². The summed E-state index contributed by atoms with van der Waals surface area (Å²) >= 11 is 0. The molecule has 1 aliphatic rings. The molecule has 1 rings (SSSR count). The van der Waals surface area contributed by atoms with Gasteiger partial charge in [0.1, 0.15) is 6.29 Å². The van der Waals surface area contributed by atoms with E-state index < -0.39 is 18.4 Å². The number of aldehydes is 1. The minimum absolute atomic E-state index is 0.167. The number of halogens is 2. The van der Waals surface area contributed by atoms with E-state index in [2.05, 4.69) is 0 Å². The molecule has 0 aliphatic carbocycles. The molecule has 0 aromatic carbocycles. The smallest absolute Gasteiger partial charge is 0.251 e. The van der Waals surface area contributed by atoms with Crippen molar-refractivity contribution in [3.8, 4) is 0 Å². The monoisotopic (exact) mass is 251 g/mol. The quantitative estimate of drug-likeness (QED) is 0.671. The Kier molecular flexibility index (Phi) is 5.94. The van der Waals surface area contributed by atoms with Crippen molar-refractivity contribution in [2.75, 3.05) is 39.5 Å². The summed E-state index contributed by atoms with van der Waals surface area (Å²) in [6.45, 7) is 0.821. The van der Waals surface area contributed by atoms with E-state index in [-0.39, 0.29) is 19.7 Å². The number of rotatable bonds is 7. The van der Waals surface area contributed by atoms with Gasteiger partial charge in [0.15, 0.2) is 0 Å². The molecule has 1 N–H and O–H groups in total. The number of alkyl halides is 2. The first-order chi connectivity index (χ1) is 8.12. The molecule has 0 atom stereocenters. The molecule has 1 saturated heterocycles. The zero-order valence-corrected chi connectivity index (χ0v) is 9.78. The van der Waals surface area contributed by atoms with Crippen LogP contribution in [0.1, 0.15) is 12.8 Å². The van der Waals surface area contributed by atoms with Gasteiger partial charge in [-0.15, -0.1) is 0 Å². The second-order valence-electron chi connectivity index (χ2n) is 4.44. The van der Waals surface area contributed by atoms with Crippen LogP contribution in [-0.4, -0.2) is 62.2 Å². The molecule has 1 heterocycles. The average Bonchev–Trinajstić information content (AvgIpc) is 2.29. The molecule has 0 bridgehead atoms. The highest BCUT2D eigenvalue weighted by Crippen LogP contribution is 2.29. The molecule has 0 aromatic heterocycles. The summed E-state index contributed by atoms with van der Waals surface area (Å²) < 4.78 is 29.9. The molecule has 0 radical (unpaired) electrons. The van der Waals surface area contributed by atoms with Gasteiger partial charge < -0.3 is 14.6 Å². The Bertz CT molecular complexity index is 233. The van der Waals surface area contributed by atoms with E-state index in [0.29, 0.717) is 26.1 Å². The van der Waals surface area contributed by atoms with E-state index in [0.717, 1.165) is 6.29 Å². The fourth-order valence-corrected chi connectivity index (χ4v) is 2.11. The van der Waals surface area contributed by atoms with E-state index >= 15 is 0 Å². The van der Waals surface area contributed by atoms with Crippen LogP contribution >= 0.6 is 0 Å². The van der Waals surface area contributed by atoms with Crippen LogP contribution < -0.4 is 0 Å². The summed E-state index contributed by atoms with van der Waals surface area (Å²) in [4.78, 5) is 12.6. The Labute approximate surface area is 99.5 Å². The second-order valence-corrected chi connectivity index (χ2v) is 4.44. The van der Waals surface area contributed by atoms with Crippen molar-refractivity contribution in [3.63, 3.8) is 0 Å². The molecule has 4 nitrogen and oxygen atoms in total. The highest BCUT2D eigenvalue weighted by atomic mass is 19.3. The van der Waals surface area contributed by atoms with E-state index in [9.17, 15) is 13.6 Å². The number of ether oxygens (including phenoxy) is 1. The van der Waals surface area contributed by atoms with Crippen molar-refractivity contribution in [2.45, 2.75) is 19.3 Å². The fraction of sp³-hybridized carbons (Fsp3) is 0.909. The number of aliphatic hydroxyl groups excluding tert-OH is 1. The van der Waals surface area contributed by atoms with Gasteiger partial charge in [0.25, 0.3) is 6.43 Å². The zero-order chi connectivity index (χ0) is 12.7. The lowest BCUT2D eigenvalue weighted by Gasteiger charge is -2.36. The van der Waals surface area contributed by atoms with Gasteiger partial charge in [0, 0.05) is 31.7 Å². The largest absolute Gasteiger partial charge is 0.395 e. The standard InChI is InChI=1S/C11H19F2NO3/c12-10(13)7-14(3-4-15)8-11(9-16)1-5-17-6-2-11/h9-10,15H,1-8H2. The molecule has 0 saturated carbocycles. The molecule has 0 unspecified atom stereocenters. The maximum Gasteiger partial charge on any atom is 0.251 e. The highest BCUT2D eigenvalue weighted by Gasteiger charge is 2.34. The van der Waals surface area contributed by atoms with Crippen molar-refractivity contribution in [1.82, 2.24) is 4.90 Å². The summed E-state index contributed by atoms with van der Waals surface area (Å²) in [5.74, 6) is 0.